The van der Waals surface area contributed by atoms with Crippen LogP contribution < -0.4 is 16.0 Å². The van der Waals surface area contributed by atoms with Crippen LogP contribution in [0.1, 0.15) is 44.2 Å². The highest BCUT2D eigenvalue weighted by Gasteiger charge is 2.53. The van der Waals surface area contributed by atoms with Gasteiger partial charge in [-0.2, -0.15) is 0 Å². The fraction of sp³-hybridized carbons (Fsp3) is 0.429. The molecule has 2 heterocycles. The molecule has 3 aliphatic rings. The largest absolute Gasteiger partial charge is 0.463 e. The highest BCUT2D eigenvalue weighted by Crippen LogP contribution is 2.36. The lowest BCUT2D eigenvalue weighted by Crippen LogP contribution is -2.49. The van der Waals surface area contributed by atoms with Crippen molar-refractivity contribution in [2.75, 3.05) is 13.2 Å². The number of ether oxygens (including phenoxy) is 1. The van der Waals surface area contributed by atoms with Crippen molar-refractivity contribution in [2.24, 2.45) is 0 Å². The van der Waals surface area contributed by atoms with Crippen LogP contribution in [-0.2, 0) is 14.3 Å². The first kappa shape index (κ1) is 19.9. The highest BCUT2D eigenvalue weighted by atomic mass is 16.5. The Labute approximate surface area is 173 Å². The summed E-state index contributed by atoms with van der Waals surface area (Å²) in [4.78, 5) is 51.9. The molecule has 158 valence electrons. The van der Waals surface area contributed by atoms with Gasteiger partial charge < -0.3 is 20.7 Å². The van der Waals surface area contributed by atoms with E-state index in [9.17, 15) is 19.2 Å². The van der Waals surface area contributed by atoms with Crippen LogP contribution in [0.25, 0.3) is 0 Å². The zero-order valence-corrected chi connectivity index (χ0v) is 16.7. The number of hydrogen-bond donors (Lipinski definition) is 3. The van der Waals surface area contributed by atoms with Crippen molar-refractivity contribution in [1.29, 1.82) is 0 Å². The number of nitrogens with zero attached hydrogens (tertiary/aromatic N) is 1. The van der Waals surface area contributed by atoms with Gasteiger partial charge in [0.2, 0.25) is 0 Å². The van der Waals surface area contributed by atoms with Gasteiger partial charge in [0.1, 0.15) is 5.54 Å². The quantitative estimate of drug-likeness (QED) is 0.503. The highest BCUT2D eigenvalue weighted by molar-refractivity contribution is 6.07. The van der Waals surface area contributed by atoms with Crippen LogP contribution in [0.3, 0.4) is 0 Å². The molecule has 1 aromatic rings. The fourth-order valence-corrected chi connectivity index (χ4v) is 4.38. The summed E-state index contributed by atoms with van der Waals surface area (Å²) < 4.78 is 5.22. The third kappa shape index (κ3) is 3.40. The minimum atomic E-state index is -0.864. The van der Waals surface area contributed by atoms with Gasteiger partial charge in [-0.1, -0.05) is 43.2 Å². The van der Waals surface area contributed by atoms with Crippen molar-refractivity contribution >= 4 is 23.9 Å². The molecule has 0 radical (unpaired) electrons. The summed E-state index contributed by atoms with van der Waals surface area (Å²) in [5, 5.41) is 8.15. The molecule has 1 aromatic carbocycles. The minimum Gasteiger partial charge on any atom is -0.463 e. The molecule has 1 atom stereocenters. The molecule has 9 nitrogen and oxygen atoms in total. The first-order chi connectivity index (χ1) is 14.4. The summed E-state index contributed by atoms with van der Waals surface area (Å²) in [6.07, 6.45) is 2.93. The van der Waals surface area contributed by atoms with Crippen LogP contribution in [0.15, 0.2) is 41.6 Å². The summed E-state index contributed by atoms with van der Waals surface area (Å²) in [5.41, 5.74) is 0.190. The molecule has 1 saturated heterocycles. The molecule has 0 unspecified atom stereocenters. The van der Waals surface area contributed by atoms with Gasteiger partial charge in [-0.25, -0.2) is 14.4 Å². The van der Waals surface area contributed by atoms with Crippen LogP contribution in [0.5, 0.6) is 0 Å². The number of carbonyl (C=O) groups excluding carboxylic acids is 4. The predicted molar refractivity (Wildman–Crippen MR) is 106 cm³/mol. The smallest absolute Gasteiger partial charge is 0.338 e. The van der Waals surface area contributed by atoms with E-state index in [-0.39, 0.29) is 30.3 Å². The van der Waals surface area contributed by atoms with Gasteiger partial charge in [0.15, 0.2) is 0 Å². The van der Waals surface area contributed by atoms with Crippen LogP contribution in [0, 0.1) is 0 Å². The standard InChI is InChI=1S/C21H24N4O5/c1-2-30-17(26)15-14(22-19(28)23-16(15)13-8-4-3-5-9-13)12-25-18(27)21(24-20(25)29)10-6-7-11-21/h3-5,8-9,16H,2,6-7,10-12H2,1H3,(H,24,29)(H2,22,23,28)/t16-/m1/s1. The third-order valence-electron chi connectivity index (χ3n) is 5.80. The van der Waals surface area contributed by atoms with E-state index in [0.717, 1.165) is 17.7 Å². The maximum Gasteiger partial charge on any atom is 0.338 e. The molecular formula is C21H24N4O5. The van der Waals surface area contributed by atoms with E-state index in [0.29, 0.717) is 18.4 Å². The van der Waals surface area contributed by atoms with Gasteiger partial charge in [-0.05, 0) is 25.3 Å². The molecule has 5 amide bonds. The van der Waals surface area contributed by atoms with E-state index in [4.69, 9.17) is 4.74 Å². The van der Waals surface area contributed by atoms with Crippen LogP contribution in [0.4, 0.5) is 9.59 Å². The minimum absolute atomic E-state index is 0.150. The molecule has 1 aliphatic carbocycles. The average Bonchev–Trinajstić information content (AvgIpc) is 3.29. The topological polar surface area (TPSA) is 117 Å². The number of rotatable bonds is 5. The lowest BCUT2D eigenvalue weighted by atomic mass is 9.94. The second-order valence-corrected chi connectivity index (χ2v) is 7.67. The third-order valence-corrected chi connectivity index (χ3v) is 5.80. The molecule has 30 heavy (non-hydrogen) atoms. The van der Waals surface area contributed by atoms with E-state index in [1.165, 1.54) is 0 Å². The molecular weight excluding hydrogens is 388 g/mol. The van der Waals surface area contributed by atoms with Crippen molar-refractivity contribution in [2.45, 2.75) is 44.2 Å². The summed E-state index contributed by atoms with van der Waals surface area (Å²) in [5.74, 6) is -0.929. The Balaban J connectivity index is 1.72. The van der Waals surface area contributed by atoms with Crippen LogP contribution in [-0.4, -0.2) is 47.5 Å². The van der Waals surface area contributed by atoms with Gasteiger partial charge in [0.05, 0.1) is 30.5 Å². The maximum absolute atomic E-state index is 13.0. The summed E-state index contributed by atoms with van der Waals surface area (Å²) in [6, 6.07) is 7.21. The first-order valence-electron chi connectivity index (χ1n) is 10.1. The second kappa shape index (κ2) is 7.81. The molecule has 0 bridgehead atoms. The maximum atomic E-state index is 13.0. The van der Waals surface area contributed by atoms with Crippen molar-refractivity contribution in [1.82, 2.24) is 20.9 Å². The molecule has 2 aliphatic heterocycles. The Morgan fingerprint density at radius 2 is 1.87 bits per heavy atom. The lowest BCUT2D eigenvalue weighted by molar-refractivity contribution is -0.139. The number of carbonyl (C=O) groups is 4. The normalized spacial score (nSPS) is 22.8. The molecule has 3 N–H and O–H groups in total. The summed E-state index contributed by atoms with van der Waals surface area (Å²) in [6.45, 7) is 1.63. The van der Waals surface area contributed by atoms with Gasteiger partial charge in [0.25, 0.3) is 5.91 Å². The molecule has 1 spiro atoms. The van der Waals surface area contributed by atoms with Crippen molar-refractivity contribution in [3.05, 3.63) is 47.2 Å². The molecule has 0 aromatic heterocycles. The Morgan fingerprint density at radius 3 is 2.53 bits per heavy atom. The predicted octanol–water partition coefficient (Wildman–Crippen LogP) is 1.72. The second-order valence-electron chi connectivity index (χ2n) is 7.67. The Hall–Kier alpha value is -3.36. The van der Waals surface area contributed by atoms with Gasteiger partial charge >= 0.3 is 18.0 Å². The van der Waals surface area contributed by atoms with E-state index in [2.05, 4.69) is 16.0 Å². The Morgan fingerprint density at radius 1 is 1.17 bits per heavy atom. The zero-order chi connectivity index (χ0) is 21.3. The molecule has 4 rings (SSSR count). The van der Waals surface area contributed by atoms with E-state index < -0.39 is 29.6 Å². The number of urea groups is 2. The molecule has 9 heteroatoms. The SMILES string of the molecule is CCOC(=O)C1=C(CN2C(=O)NC3(CCCC3)C2=O)NC(=O)N[C@@H]1c1ccccc1. The Bertz CT molecular complexity index is 921. The fourth-order valence-electron chi connectivity index (χ4n) is 4.38. The van der Waals surface area contributed by atoms with Gasteiger partial charge in [0, 0.05) is 0 Å². The van der Waals surface area contributed by atoms with E-state index >= 15 is 0 Å². The van der Waals surface area contributed by atoms with E-state index in [1.54, 1.807) is 31.2 Å². The molecule has 2 fully saturated rings. The van der Waals surface area contributed by atoms with Crippen molar-refractivity contribution in [3.63, 3.8) is 0 Å². The number of hydrogen-bond acceptors (Lipinski definition) is 5. The summed E-state index contributed by atoms with van der Waals surface area (Å²) in [7, 11) is 0. The number of esters is 1. The van der Waals surface area contributed by atoms with Crippen molar-refractivity contribution in [3.8, 4) is 0 Å². The number of amides is 5. The lowest BCUT2D eigenvalue weighted by Gasteiger charge is -2.30. The number of nitrogens with one attached hydrogen (secondary N) is 3. The van der Waals surface area contributed by atoms with Gasteiger partial charge in [-0.15, -0.1) is 0 Å². The number of imide groups is 1. The monoisotopic (exact) mass is 412 g/mol. The average molecular weight is 412 g/mol. The van der Waals surface area contributed by atoms with Gasteiger partial charge in [-0.3, -0.25) is 9.69 Å². The van der Waals surface area contributed by atoms with E-state index in [1.807, 2.05) is 6.07 Å². The zero-order valence-electron chi connectivity index (χ0n) is 16.7. The molecule has 1 saturated carbocycles. The summed E-state index contributed by atoms with van der Waals surface area (Å²) >= 11 is 0. The van der Waals surface area contributed by atoms with Crippen LogP contribution >= 0.6 is 0 Å². The number of benzene rings is 1. The Kier molecular flexibility index (Phi) is 5.19. The first-order valence-corrected chi connectivity index (χ1v) is 10.1. The van der Waals surface area contributed by atoms with Crippen LogP contribution in [0.2, 0.25) is 0 Å². The van der Waals surface area contributed by atoms with Crippen molar-refractivity contribution < 1.29 is 23.9 Å².